The van der Waals surface area contributed by atoms with E-state index in [0.29, 0.717) is 11.5 Å². The number of rotatable bonds is 15. The molecule has 1 N–H and O–H groups in total. The van der Waals surface area contributed by atoms with Gasteiger partial charge in [0.05, 0.1) is 25.6 Å². The van der Waals surface area contributed by atoms with Gasteiger partial charge in [-0.15, -0.1) is 15.0 Å². The number of amides is 2. The van der Waals surface area contributed by atoms with Gasteiger partial charge in [0, 0.05) is 27.0 Å². The first-order valence-corrected chi connectivity index (χ1v) is 23.8. The highest BCUT2D eigenvalue weighted by Crippen LogP contribution is 2.39. The molecule has 21 heteroatoms. The lowest BCUT2D eigenvalue weighted by Gasteiger charge is -2.30. The van der Waals surface area contributed by atoms with E-state index in [0.717, 1.165) is 11.6 Å². The fraction of sp³-hybridized carbons (Fsp3) is 0.615. The highest BCUT2D eigenvalue weighted by Gasteiger charge is 2.51. The van der Waals surface area contributed by atoms with Crippen LogP contribution >= 0.6 is 11.6 Å². The minimum absolute atomic E-state index is 0.0137. The van der Waals surface area contributed by atoms with Gasteiger partial charge in [-0.1, -0.05) is 56.9 Å². The van der Waals surface area contributed by atoms with Gasteiger partial charge in [0.1, 0.15) is 17.3 Å². The lowest BCUT2D eigenvalue weighted by atomic mass is 9.92. The zero-order valence-electron chi connectivity index (χ0n) is 36.0. The Morgan fingerprint density at radius 1 is 1.00 bits per heavy atom. The second-order valence-corrected chi connectivity index (χ2v) is 23.7. The minimum Gasteiger partial charge on any atom is -0.463 e. The highest BCUT2D eigenvalue weighted by atomic mass is 35.5. The second kappa shape index (κ2) is 18.6. The van der Waals surface area contributed by atoms with Crippen LogP contribution in [-0.2, 0) is 52.0 Å². The summed E-state index contributed by atoms with van der Waals surface area (Å²) in [5, 5.41) is 24.3. The molecule has 0 saturated carbocycles. The van der Waals surface area contributed by atoms with E-state index in [-0.39, 0.29) is 54.5 Å². The standard InChI is InChI=1S/C39H56ClN9O10Si/c1-12-55-33(51)39(20-25-16-14-13-15-17-25,32-44-46-48(45-32)23-54-18-19-60(9,10)11)56-21-26-24(2)28(50)31(57-26)47-22-41-27-29(47)42-34(40)43-30(27)49(35(52)58-37(3,4)5)36(53)59-38(6,7)8/h13-17,22,24,26,28,31,50H,12,18-21,23H2,1-11H3/t24-,26+,28+,31+,39?/m0/s1. The lowest BCUT2D eigenvalue weighted by Crippen LogP contribution is -2.45. The number of aliphatic hydroxyl groups excluding tert-OH is 1. The van der Waals surface area contributed by atoms with Crippen LogP contribution in [0, 0.1) is 5.92 Å². The summed E-state index contributed by atoms with van der Waals surface area (Å²) in [6.45, 7) is 20.4. The summed E-state index contributed by atoms with van der Waals surface area (Å²) in [7, 11) is -1.35. The van der Waals surface area contributed by atoms with E-state index in [2.05, 4.69) is 50.0 Å². The number of benzene rings is 1. The molecule has 0 bridgehead atoms. The van der Waals surface area contributed by atoms with E-state index in [9.17, 15) is 19.5 Å². The maximum atomic E-state index is 14.1. The number of ether oxygens (including phenoxy) is 6. The Bertz CT molecular complexity index is 2090. The molecule has 4 aromatic rings. The normalized spacial score (nSPS) is 19.6. The van der Waals surface area contributed by atoms with Gasteiger partial charge in [0.2, 0.25) is 16.7 Å². The van der Waals surface area contributed by atoms with Gasteiger partial charge in [-0.05, 0) is 76.9 Å². The molecule has 2 amide bonds. The molecule has 1 unspecified atom stereocenters. The number of carbonyl (C=O) groups is 3. The van der Waals surface area contributed by atoms with E-state index >= 15 is 0 Å². The second-order valence-electron chi connectivity index (χ2n) is 17.7. The number of carbonyl (C=O) groups excluding carboxylic acids is 3. The Balaban J connectivity index is 1.47. The van der Waals surface area contributed by atoms with Crippen molar-refractivity contribution >= 4 is 54.8 Å². The highest BCUT2D eigenvalue weighted by molar-refractivity contribution is 6.76. The summed E-state index contributed by atoms with van der Waals surface area (Å²) < 4.78 is 36.9. The maximum absolute atomic E-state index is 14.1. The van der Waals surface area contributed by atoms with E-state index in [1.54, 1.807) is 55.4 Å². The van der Waals surface area contributed by atoms with Crippen LogP contribution < -0.4 is 4.90 Å². The Labute approximate surface area is 355 Å². The van der Waals surface area contributed by atoms with Crippen LogP contribution in [0.4, 0.5) is 15.4 Å². The average Bonchev–Trinajstić information content (AvgIpc) is 3.85. The van der Waals surface area contributed by atoms with Crippen molar-refractivity contribution in [3.8, 4) is 0 Å². The number of halogens is 1. The van der Waals surface area contributed by atoms with Gasteiger partial charge in [-0.25, -0.2) is 19.4 Å². The third kappa shape index (κ3) is 11.4. The first kappa shape index (κ1) is 46.5. The zero-order chi connectivity index (χ0) is 44.2. The van der Waals surface area contributed by atoms with E-state index in [1.165, 1.54) is 15.7 Å². The number of anilines is 1. The molecule has 5 atom stereocenters. The van der Waals surface area contributed by atoms with E-state index in [1.807, 2.05) is 30.3 Å². The van der Waals surface area contributed by atoms with Gasteiger partial charge in [-0.2, -0.15) is 14.9 Å². The van der Waals surface area contributed by atoms with E-state index in [4.69, 9.17) is 40.0 Å². The van der Waals surface area contributed by atoms with Crippen molar-refractivity contribution in [1.82, 2.24) is 39.7 Å². The average molecular weight is 874 g/mol. The van der Waals surface area contributed by atoms with Crippen molar-refractivity contribution in [2.24, 2.45) is 5.92 Å². The smallest absolute Gasteiger partial charge is 0.425 e. The first-order valence-electron chi connectivity index (χ1n) is 19.7. The van der Waals surface area contributed by atoms with Crippen LogP contribution in [0.5, 0.6) is 0 Å². The predicted octanol–water partition coefficient (Wildman–Crippen LogP) is 6.07. The molecule has 0 aliphatic carbocycles. The number of hydrogen-bond acceptors (Lipinski definition) is 16. The third-order valence-electron chi connectivity index (χ3n) is 9.16. The molecule has 0 radical (unpaired) electrons. The quantitative estimate of drug-likeness (QED) is 0.0471. The number of aliphatic hydroxyl groups is 1. The Hall–Kier alpha value is -4.60. The van der Waals surface area contributed by atoms with Crippen LogP contribution in [0.3, 0.4) is 0 Å². The van der Waals surface area contributed by atoms with Crippen molar-refractivity contribution in [2.45, 2.75) is 129 Å². The number of imidazole rings is 1. The summed E-state index contributed by atoms with van der Waals surface area (Å²) >= 11 is 6.42. The molecule has 0 spiro atoms. The van der Waals surface area contributed by atoms with Crippen molar-refractivity contribution in [2.75, 3.05) is 24.7 Å². The third-order valence-corrected chi connectivity index (χ3v) is 11.0. The van der Waals surface area contributed by atoms with Crippen molar-refractivity contribution in [1.29, 1.82) is 0 Å². The number of nitrogens with zero attached hydrogens (tertiary/aromatic N) is 9. The van der Waals surface area contributed by atoms with E-state index < -0.39 is 67.4 Å². The van der Waals surface area contributed by atoms with Crippen molar-refractivity contribution in [3.05, 3.63) is 53.3 Å². The molecule has 1 aliphatic heterocycles. The largest absolute Gasteiger partial charge is 0.463 e. The van der Waals surface area contributed by atoms with Crippen molar-refractivity contribution in [3.63, 3.8) is 0 Å². The zero-order valence-corrected chi connectivity index (χ0v) is 37.8. The molecule has 1 fully saturated rings. The number of tetrazole rings is 1. The molecule has 1 aromatic carbocycles. The summed E-state index contributed by atoms with van der Waals surface area (Å²) in [6.07, 6.45) is -4.02. The van der Waals surface area contributed by atoms with Gasteiger partial charge in [0.25, 0.3) is 0 Å². The molecule has 1 saturated heterocycles. The lowest BCUT2D eigenvalue weighted by molar-refractivity contribution is -0.182. The topological polar surface area (TPSA) is 217 Å². The fourth-order valence-electron chi connectivity index (χ4n) is 6.12. The Morgan fingerprint density at radius 2 is 1.65 bits per heavy atom. The number of aromatic nitrogens is 8. The fourth-order valence-corrected chi connectivity index (χ4v) is 7.04. The molecule has 5 rings (SSSR count). The summed E-state index contributed by atoms with van der Waals surface area (Å²) in [4.78, 5) is 55.9. The summed E-state index contributed by atoms with van der Waals surface area (Å²) in [5.74, 6) is -1.69. The van der Waals surface area contributed by atoms with Crippen molar-refractivity contribution < 1.29 is 47.9 Å². The summed E-state index contributed by atoms with van der Waals surface area (Å²) in [6, 6.07) is 10.1. The van der Waals surface area contributed by atoms with Gasteiger partial charge in [0.15, 0.2) is 29.9 Å². The summed E-state index contributed by atoms with van der Waals surface area (Å²) in [5.41, 5.74) is -3.16. The Morgan fingerprint density at radius 3 is 2.25 bits per heavy atom. The number of hydrogen-bond donors (Lipinski definition) is 1. The van der Waals surface area contributed by atoms with Crippen LogP contribution in [-0.4, -0.2) is 114 Å². The number of esters is 1. The maximum Gasteiger partial charge on any atom is 0.425 e. The molecule has 3 aromatic heterocycles. The number of fused-ring (bicyclic) bond motifs is 1. The molecular weight excluding hydrogens is 818 g/mol. The van der Waals surface area contributed by atoms with Gasteiger partial charge < -0.3 is 33.5 Å². The van der Waals surface area contributed by atoms with Crippen LogP contribution in [0.2, 0.25) is 31.0 Å². The SMILES string of the molecule is CCOC(=O)C(Cc1ccccc1)(OC[C@H]1O[C@@H](n2cnc3c(N(C(=O)OC(C)(C)C)C(=O)OC(C)(C)C)nc(Cl)nc32)[C@H](O)[C@H]1C)c1nnn(COCC[Si](C)(C)C)n1. The van der Waals surface area contributed by atoms with Gasteiger partial charge in [-0.3, -0.25) is 4.57 Å². The Kier molecular flexibility index (Phi) is 14.4. The minimum atomic E-state index is -1.88. The van der Waals surface area contributed by atoms with Crippen LogP contribution in [0.1, 0.15) is 73.0 Å². The number of imide groups is 1. The molecule has 328 valence electrons. The molecule has 1 aliphatic rings. The van der Waals surface area contributed by atoms with Crippen LogP contribution in [0.15, 0.2) is 36.7 Å². The molecule has 60 heavy (non-hydrogen) atoms. The van der Waals surface area contributed by atoms with Gasteiger partial charge >= 0.3 is 18.2 Å². The first-order chi connectivity index (χ1) is 28.0. The molecule has 4 heterocycles. The monoisotopic (exact) mass is 873 g/mol. The van der Waals surface area contributed by atoms with Crippen LogP contribution in [0.25, 0.3) is 11.2 Å². The molecule has 19 nitrogen and oxygen atoms in total. The molecular formula is C39H56ClN9O10Si. The predicted molar refractivity (Wildman–Crippen MR) is 221 cm³/mol.